The Hall–Kier alpha value is -3.94. The molecule has 8 heteroatoms. The van der Waals surface area contributed by atoms with E-state index in [-0.39, 0.29) is 18.3 Å². The van der Waals surface area contributed by atoms with E-state index in [1.807, 2.05) is 48.2 Å². The topological polar surface area (TPSA) is 102 Å². The summed E-state index contributed by atoms with van der Waals surface area (Å²) in [6, 6.07) is 11.9. The van der Waals surface area contributed by atoms with Crippen molar-refractivity contribution in [3.63, 3.8) is 0 Å². The van der Waals surface area contributed by atoms with Crippen LogP contribution in [0.2, 0.25) is 0 Å². The van der Waals surface area contributed by atoms with Crippen LogP contribution in [0, 0.1) is 6.92 Å². The zero-order valence-corrected chi connectivity index (χ0v) is 20.3. The summed E-state index contributed by atoms with van der Waals surface area (Å²) in [5.41, 5.74) is 5.34. The number of aryl methyl sites for hydroxylation is 1. The molecule has 186 valence electrons. The zero-order valence-electron chi connectivity index (χ0n) is 20.3. The van der Waals surface area contributed by atoms with Crippen molar-refractivity contribution >= 4 is 11.9 Å². The number of carbonyl (C=O) groups excluding carboxylic acids is 1. The first-order valence-electron chi connectivity index (χ1n) is 12.3. The molecule has 1 atom stereocenters. The molecule has 1 unspecified atom stereocenters. The highest BCUT2D eigenvalue weighted by molar-refractivity contribution is 5.96. The minimum absolute atomic E-state index is 0.00998. The molecule has 8 nitrogen and oxygen atoms in total. The van der Waals surface area contributed by atoms with Crippen molar-refractivity contribution in [3.05, 3.63) is 82.2 Å². The maximum atomic E-state index is 13.4. The van der Waals surface area contributed by atoms with Crippen molar-refractivity contribution in [1.29, 1.82) is 0 Å². The fourth-order valence-corrected chi connectivity index (χ4v) is 4.84. The Kier molecular flexibility index (Phi) is 6.84. The second kappa shape index (κ2) is 10.4. The maximum absolute atomic E-state index is 13.4. The van der Waals surface area contributed by atoms with E-state index in [2.05, 4.69) is 9.97 Å². The number of aliphatic carboxylic acids is 1. The summed E-state index contributed by atoms with van der Waals surface area (Å²) < 4.78 is 11.5. The first-order chi connectivity index (χ1) is 17.5. The quantitative estimate of drug-likeness (QED) is 0.580. The number of benzene rings is 2. The van der Waals surface area contributed by atoms with Gasteiger partial charge in [0.05, 0.1) is 19.6 Å². The summed E-state index contributed by atoms with van der Waals surface area (Å²) in [7, 11) is 0. The summed E-state index contributed by atoms with van der Waals surface area (Å²) >= 11 is 0. The van der Waals surface area contributed by atoms with Gasteiger partial charge in [-0.15, -0.1) is 0 Å². The number of hydrogen-bond acceptors (Lipinski definition) is 6. The predicted octanol–water partition coefficient (Wildman–Crippen LogP) is 4.14. The van der Waals surface area contributed by atoms with Crippen molar-refractivity contribution in [2.45, 2.75) is 45.1 Å². The number of hydrogen-bond donors (Lipinski definition) is 1. The molecule has 1 amide bonds. The number of rotatable bonds is 2. The fourth-order valence-electron chi connectivity index (χ4n) is 4.84. The van der Waals surface area contributed by atoms with Crippen LogP contribution in [0.25, 0.3) is 0 Å². The highest BCUT2D eigenvalue weighted by atomic mass is 16.5. The van der Waals surface area contributed by atoms with Crippen molar-refractivity contribution < 1.29 is 24.2 Å². The van der Waals surface area contributed by atoms with Gasteiger partial charge in [0.25, 0.3) is 5.91 Å². The molecule has 0 aliphatic carbocycles. The van der Waals surface area contributed by atoms with Crippen molar-refractivity contribution in [3.8, 4) is 11.8 Å². The average molecular weight is 488 g/mol. The van der Waals surface area contributed by atoms with Crippen LogP contribution >= 0.6 is 0 Å². The molecule has 1 N–H and O–H groups in total. The number of amides is 1. The Morgan fingerprint density at radius 3 is 2.56 bits per heavy atom. The zero-order chi connectivity index (χ0) is 25.1. The molecule has 5 aliphatic rings. The molecule has 0 fully saturated rings. The van der Waals surface area contributed by atoms with Crippen LogP contribution in [-0.4, -0.2) is 51.6 Å². The van der Waals surface area contributed by atoms with Gasteiger partial charge in [0.2, 0.25) is 0 Å². The first-order valence-corrected chi connectivity index (χ1v) is 12.3. The highest BCUT2D eigenvalue weighted by Crippen LogP contribution is 2.32. The molecule has 3 aromatic rings. The van der Waals surface area contributed by atoms with Gasteiger partial charge in [-0.05, 0) is 72.2 Å². The first kappa shape index (κ1) is 23.8. The van der Waals surface area contributed by atoms with Crippen LogP contribution in [0.15, 0.2) is 48.8 Å². The molecular weight excluding hydrogens is 458 g/mol. The summed E-state index contributed by atoms with van der Waals surface area (Å²) in [6.07, 6.45) is 5.51. The Bertz CT molecular complexity index is 1270. The van der Waals surface area contributed by atoms with E-state index in [1.54, 1.807) is 12.4 Å². The molecule has 0 spiro atoms. The second-order valence-electron chi connectivity index (χ2n) is 9.34. The Labute approximate surface area is 209 Å². The van der Waals surface area contributed by atoms with Crippen LogP contribution < -0.4 is 9.47 Å². The second-order valence-corrected chi connectivity index (χ2v) is 9.34. The number of ether oxygens (including phenoxy) is 2. The lowest BCUT2D eigenvalue weighted by atomic mass is 9.86. The molecule has 2 aromatic carbocycles. The minimum Gasteiger partial charge on any atom is -0.494 e. The standard InChI is InChI=1S/C28H29N3O5/c1-18-12-23-6-7-24(18)27(34)31-9-8-19-4-5-20(13-21(19)17-31)25(14-26(32)33)22-15-29-28(30-16-22)36-11-3-2-10-35-23/h4-7,12-13,15-16,25H,2-3,8-11,14,17H2,1H3,(H,32,33). The molecule has 0 radical (unpaired) electrons. The van der Waals surface area contributed by atoms with Gasteiger partial charge in [0.1, 0.15) is 5.75 Å². The number of carboxylic acids is 1. The van der Waals surface area contributed by atoms with E-state index < -0.39 is 11.9 Å². The molecule has 6 heterocycles. The third kappa shape index (κ3) is 5.17. The van der Waals surface area contributed by atoms with Gasteiger partial charge in [-0.2, -0.15) is 0 Å². The lowest BCUT2D eigenvalue weighted by molar-refractivity contribution is -0.137. The summed E-state index contributed by atoms with van der Waals surface area (Å²) in [5, 5.41) is 9.61. The Morgan fingerprint density at radius 1 is 1.03 bits per heavy atom. The minimum atomic E-state index is -0.901. The molecule has 0 saturated heterocycles. The van der Waals surface area contributed by atoms with E-state index >= 15 is 0 Å². The number of carbonyl (C=O) groups is 2. The third-order valence-electron chi connectivity index (χ3n) is 6.83. The molecule has 0 saturated carbocycles. The molecular formula is C28H29N3O5. The van der Waals surface area contributed by atoms with Gasteiger partial charge in [-0.3, -0.25) is 9.59 Å². The molecule has 1 aromatic heterocycles. The van der Waals surface area contributed by atoms with Crippen LogP contribution in [0.4, 0.5) is 0 Å². The fraction of sp³-hybridized carbons (Fsp3) is 0.357. The van der Waals surface area contributed by atoms with Gasteiger partial charge in [0, 0.05) is 37.0 Å². The van der Waals surface area contributed by atoms with Gasteiger partial charge >= 0.3 is 12.0 Å². The maximum Gasteiger partial charge on any atom is 0.316 e. The Morgan fingerprint density at radius 2 is 1.81 bits per heavy atom. The van der Waals surface area contributed by atoms with E-state index in [0.717, 1.165) is 41.7 Å². The molecule has 8 rings (SSSR count). The van der Waals surface area contributed by atoms with E-state index in [9.17, 15) is 14.7 Å². The third-order valence-corrected chi connectivity index (χ3v) is 6.83. The number of nitrogens with zero attached hydrogens (tertiary/aromatic N) is 3. The molecule has 5 aliphatic heterocycles. The largest absolute Gasteiger partial charge is 0.494 e. The van der Waals surface area contributed by atoms with Gasteiger partial charge < -0.3 is 19.5 Å². The van der Waals surface area contributed by atoms with Gasteiger partial charge in [-0.1, -0.05) is 18.2 Å². The number of aromatic nitrogens is 2. The molecule has 36 heavy (non-hydrogen) atoms. The molecule has 7 bridgehead atoms. The van der Waals surface area contributed by atoms with Gasteiger partial charge in [-0.25, -0.2) is 9.97 Å². The highest BCUT2D eigenvalue weighted by Gasteiger charge is 2.26. The van der Waals surface area contributed by atoms with Crippen molar-refractivity contribution in [2.24, 2.45) is 0 Å². The smallest absolute Gasteiger partial charge is 0.316 e. The van der Waals surface area contributed by atoms with Crippen molar-refractivity contribution in [1.82, 2.24) is 14.9 Å². The Balaban J connectivity index is 1.51. The lowest BCUT2D eigenvalue weighted by Gasteiger charge is -2.30. The van der Waals surface area contributed by atoms with E-state index in [1.165, 1.54) is 5.56 Å². The summed E-state index contributed by atoms with van der Waals surface area (Å²) in [5.74, 6) is -0.576. The van der Waals surface area contributed by atoms with Gasteiger partial charge in [0.15, 0.2) is 0 Å². The van der Waals surface area contributed by atoms with Crippen LogP contribution in [0.1, 0.15) is 63.4 Å². The van der Waals surface area contributed by atoms with E-state index in [4.69, 9.17) is 9.47 Å². The van der Waals surface area contributed by atoms with Crippen LogP contribution in [0.3, 0.4) is 0 Å². The monoisotopic (exact) mass is 487 g/mol. The van der Waals surface area contributed by atoms with Crippen LogP contribution in [0.5, 0.6) is 11.8 Å². The predicted molar refractivity (Wildman–Crippen MR) is 132 cm³/mol. The van der Waals surface area contributed by atoms with Crippen LogP contribution in [-0.2, 0) is 17.8 Å². The summed E-state index contributed by atoms with van der Waals surface area (Å²) in [4.78, 5) is 35.6. The lowest BCUT2D eigenvalue weighted by Crippen LogP contribution is -2.36. The van der Waals surface area contributed by atoms with E-state index in [0.29, 0.717) is 37.4 Å². The van der Waals surface area contributed by atoms with Crippen molar-refractivity contribution in [2.75, 3.05) is 19.8 Å². The number of carboxylic acid groups (broad SMARTS) is 1. The normalized spacial score (nSPS) is 17.9. The summed E-state index contributed by atoms with van der Waals surface area (Å²) in [6.45, 7) is 4.03. The average Bonchev–Trinajstić information content (AvgIpc) is 2.88. The SMILES string of the molecule is Cc1cc2ccc1C(=O)N1CCc3ccc(cc3C1)C(CC(=O)O)c1cnc(nc1)OCCCCO2.